The quantitative estimate of drug-likeness (QED) is 0.581. The summed E-state index contributed by atoms with van der Waals surface area (Å²) in [6, 6.07) is 12.2. The first kappa shape index (κ1) is 13.4. The fourth-order valence-corrected chi connectivity index (χ4v) is 2.73. The summed E-state index contributed by atoms with van der Waals surface area (Å²) in [7, 11) is 1.72. The van der Waals surface area contributed by atoms with Crippen LogP contribution in [0.3, 0.4) is 0 Å². The number of nitro benzene ring substituents is 1. The predicted molar refractivity (Wildman–Crippen MR) is 80.8 cm³/mol. The zero-order chi connectivity index (χ0) is 14.8. The number of hydrogen-bond acceptors (Lipinski definition) is 6. The lowest BCUT2D eigenvalue weighted by Crippen LogP contribution is -1.93. The van der Waals surface area contributed by atoms with Gasteiger partial charge in [0.15, 0.2) is 5.58 Å². The summed E-state index contributed by atoms with van der Waals surface area (Å²) in [5.41, 5.74) is 2.15. The van der Waals surface area contributed by atoms with Crippen molar-refractivity contribution in [3.05, 3.63) is 52.6 Å². The third kappa shape index (κ3) is 2.82. The summed E-state index contributed by atoms with van der Waals surface area (Å²) in [5, 5.41) is 14.3. The highest BCUT2D eigenvalue weighted by Gasteiger charge is 2.13. The van der Waals surface area contributed by atoms with Gasteiger partial charge in [-0.15, -0.1) is 0 Å². The minimum absolute atomic E-state index is 0.0282. The van der Waals surface area contributed by atoms with Gasteiger partial charge in [-0.3, -0.25) is 10.1 Å². The molecule has 0 aliphatic rings. The van der Waals surface area contributed by atoms with E-state index in [1.54, 1.807) is 7.05 Å². The highest BCUT2D eigenvalue weighted by molar-refractivity contribution is 7.99. The first-order valence-electron chi connectivity index (χ1n) is 6.16. The van der Waals surface area contributed by atoms with Crippen molar-refractivity contribution in [1.82, 2.24) is 4.98 Å². The lowest BCUT2D eigenvalue weighted by atomic mass is 10.3. The number of hydrogen-bond donors (Lipinski definition) is 1. The van der Waals surface area contributed by atoms with E-state index in [2.05, 4.69) is 10.3 Å². The van der Waals surface area contributed by atoms with Crippen LogP contribution in [0.2, 0.25) is 0 Å². The molecule has 0 radical (unpaired) electrons. The monoisotopic (exact) mass is 301 g/mol. The van der Waals surface area contributed by atoms with Crippen molar-refractivity contribution >= 4 is 34.2 Å². The van der Waals surface area contributed by atoms with E-state index in [9.17, 15) is 10.1 Å². The highest BCUT2D eigenvalue weighted by Crippen LogP contribution is 2.33. The maximum Gasteiger partial charge on any atom is 0.272 e. The molecule has 0 saturated carbocycles. The van der Waals surface area contributed by atoms with Crippen molar-refractivity contribution in [2.24, 2.45) is 0 Å². The molecular weight excluding hydrogens is 290 g/mol. The summed E-state index contributed by atoms with van der Waals surface area (Å²) in [6.07, 6.45) is 0. The van der Waals surface area contributed by atoms with Gasteiger partial charge in [0.2, 0.25) is 0 Å². The van der Waals surface area contributed by atoms with E-state index in [0.717, 1.165) is 5.52 Å². The first-order valence-corrected chi connectivity index (χ1v) is 6.98. The molecule has 1 N–H and O–H groups in total. The largest absolute Gasteiger partial charge is 0.431 e. The van der Waals surface area contributed by atoms with Crippen LogP contribution in [0, 0.1) is 10.1 Å². The van der Waals surface area contributed by atoms with Gasteiger partial charge in [-0.05, 0) is 30.0 Å². The van der Waals surface area contributed by atoms with Crippen molar-refractivity contribution in [2.75, 3.05) is 12.4 Å². The van der Waals surface area contributed by atoms with Crippen LogP contribution in [0.5, 0.6) is 0 Å². The molecule has 3 rings (SSSR count). The molecule has 0 saturated heterocycles. The van der Waals surface area contributed by atoms with Gasteiger partial charge in [0.1, 0.15) is 5.52 Å². The van der Waals surface area contributed by atoms with E-state index in [1.165, 1.54) is 23.9 Å². The van der Waals surface area contributed by atoms with E-state index in [0.29, 0.717) is 21.4 Å². The Kier molecular flexibility index (Phi) is 3.49. The molecule has 0 spiro atoms. The Morgan fingerprint density at radius 2 is 2.10 bits per heavy atom. The summed E-state index contributed by atoms with van der Waals surface area (Å²) in [6.45, 7) is 0. The smallest absolute Gasteiger partial charge is 0.272 e. The molecule has 0 atom stereocenters. The minimum Gasteiger partial charge on any atom is -0.431 e. The zero-order valence-corrected chi connectivity index (χ0v) is 11.9. The topological polar surface area (TPSA) is 81.2 Å². The number of rotatable bonds is 4. The van der Waals surface area contributed by atoms with Crippen molar-refractivity contribution in [1.29, 1.82) is 0 Å². The Balaban J connectivity index is 1.96. The average molecular weight is 301 g/mol. The van der Waals surface area contributed by atoms with Crippen LogP contribution in [-0.2, 0) is 0 Å². The van der Waals surface area contributed by atoms with E-state index >= 15 is 0 Å². The molecule has 0 amide bonds. The number of nitrogens with zero attached hydrogens (tertiary/aromatic N) is 2. The third-order valence-corrected chi connectivity index (χ3v) is 3.69. The minimum atomic E-state index is -0.420. The fraction of sp³-hybridized carbons (Fsp3) is 0.0714. The molecule has 2 aromatic carbocycles. The van der Waals surface area contributed by atoms with Gasteiger partial charge in [0, 0.05) is 29.8 Å². The summed E-state index contributed by atoms with van der Waals surface area (Å²) >= 11 is 1.25. The maximum absolute atomic E-state index is 10.9. The van der Waals surface area contributed by atoms with E-state index in [4.69, 9.17) is 4.42 Å². The van der Waals surface area contributed by atoms with Gasteiger partial charge in [-0.2, -0.15) is 0 Å². The van der Waals surface area contributed by atoms with Crippen molar-refractivity contribution in [3.63, 3.8) is 0 Å². The number of nitro groups is 1. The number of nitrogens with one attached hydrogen (secondary N) is 1. The molecule has 0 unspecified atom stereocenters. The number of fused-ring (bicyclic) bond motifs is 1. The van der Waals surface area contributed by atoms with Crippen LogP contribution in [0.1, 0.15) is 0 Å². The van der Waals surface area contributed by atoms with Gasteiger partial charge < -0.3 is 9.73 Å². The van der Waals surface area contributed by atoms with Crippen LogP contribution in [0.25, 0.3) is 11.1 Å². The van der Waals surface area contributed by atoms with Crippen LogP contribution in [0.4, 0.5) is 11.4 Å². The molecule has 6 nitrogen and oxygen atoms in total. The molecule has 106 valence electrons. The second kappa shape index (κ2) is 5.45. The first-order chi connectivity index (χ1) is 10.2. The van der Waals surface area contributed by atoms with Crippen molar-refractivity contribution < 1.29 is 9.34 Å². The lowest BCUT2D eigenvalue weighted by Gasteiger charge is -2.03. The highest BCUT2D eigenvalue weighted by atomic mass is 32.2. The SMILES string of the molecule is CNc1cc(Sc2nc3ccccc3o2)cc([N+](=O)[O-])c1. The number of para-hydroxylation sites is 2. The van der Waals surface area contributed by atoms with Crippen LogP contribution >= 0.6 is 11.8 Å². The molecule has 7 heteroatoms. The number of anilines is 1. The van der Waals surface area contributed by atoms with Gasteiger partial charge in [0.05, 0.1) is 4.92 Å². The number of non-ortho nitro benzene ring substituents is 1. The van der Waals surface area contributed by atoms with Crippen molar-refractivity contribution in [2.45, 2.75) is 10.1 Å². The molecule has 1 aromatic heterocycles. The van der Waals surface area contributed by atoms with Gasteiger partial charge in [0.25, 0.3) is 10.9 Å². The number of benzene rings is 2. The Morgan fingerprint density at radius 1 is 1.29 bits per heavy atom. The standard InChI is InChI=1S/C14H11N3O3S/c1-15-9-6-10(17(18)19)8-11(7-9)21-14-16-12-4-2-3-5-13(12)20-14/h2-8,15H,1H3. The summed E-state index contributed by atoms with van der Waals surface area (Å²) in [5.74, 6) is 0. The Morgan fingerprint density at radius 3 is 2.81 bits per heavy atom. The number of oxazole rings is 1. The Bertz CT molecular complexity index is 783. The maximum atomic E-state index is 10.9. The van der Waals surface area contributed by atoms with Gasteiger partial charge in [-0.25, -0.2) is 4.98 Å². The molecule has 1 heterocycles. The van der Waals surface area contributed by atoms with Crippen LogP contribution in [-0.4, -0.2) is 17.0 Å². The Hall–Kier alpha value is -2.54. The second-order valence-corrected chi connectivity index (χ2v) is 5.30. The van der Waals surface area contributed by atoms with Crippen LogP contribution in [0.15, 0.2) is 57.0 Å². The van der Waals surface area contributed by atoms with Crippen molar-refractivity contribution in [3.8, 4) is 0 Å². The fourth-order valence-electron chi connectivity index (χ4n) is 1.89. The molecule has 0 bridgehead atoms. The molecule has 0 aliphatic heterocycles. The third-order valence-electron chi connectivity index (χ3n) is 2.87. The normalized spacial score (nSPS) is 10.7. The lowest BCUT2D eigenvalue weighted by molar-refractivity contribution is -0.385. The zero-order valence-electron chi connectivity index (χ0n) is 11.1. The predicted octanol–water partition coefficient (Wildman–Crippen LogP) is 3.93. The van der Waals surface area contributed by atoms with Gasteiger partial charge in [-0.1, -0.05) is 12.1 Å². The van der Waals surface area contributed by atoms with E-state index in [1.807, 2.05) is 30.3 Å². The van der Waals surface area contributed by atoms with E-state index in [-0.39, 0.29) is 5.69 Å². The van der Waals surface area contributed by atoms with E-state index < -0.39 is 4.92 Å². The second-order valence-electron chi connectivity index (χ2n) is 4.27. The number of aromatic nitrogens is 1. The average Bonchev–Trinajstić information content (AvgIpc) is 2.88. The molecular formula is C14H11N3O3S. The molecule has 21 heavy (non-hydrogen) atoms. The summed E-state index contributed by atoms with van der Waals surface area (Å²) in [4.78, 5) is 15.6. The molecule has 0 aliphatic carbocycles. The molecule has 3 aromatic rings. The van der Waals surface area contributed by atoms with Gasteiger partial charge >= 0.3 is 0 Å². The summed E-state index contributed by atoms with van der Waals surface area (Å²) < 4.78 is 5.61. The van der Waals surface area contributed by atoms with Crippen LogP contribution < -0.4 is 5.32 Å². The Labute approximate surface area is 124 Å². The molecule has 0 fully saturated rings.